The number of ketones is 1. The molecule has 0 saturated carbocycles. The minimum atomic E-state index is -0.555. The summed E-state index contributed by atoms with van der Waals surface area (Å²) in [5.41, 5.74) is 1.48. The number of methoxy groups -OCH3 is 2. The first kappa shape index (κ1) is 19.2. The van der Waals surface area contributed by atoms with Gasteiger partial charge in [-0.3, -0.25) is 9.59 Å². The number of nitrogens with one attached hydrogen (secondary N) is 2. The van der Waals surface area contributed by atoms with E-state index in [1.165, 1.54) is 19.2 Å². The monoisotopic (exact) mass is 382 g/mol. The zero-order valence-corrected chi connectivity index (χ0v) is 16.1. The number of benzene rings is 1. The van der Waals surface area contributed by atoms with Gasteiger partial charge < -0.3 is 24.3 Å². The molecule has 8 heteroatoms. The van der Waals surface area contributed by atoms with E-state index in [1.807, 2.05) is 23.7 Å². The smallest absolute Gasteiger partial charge is 0.268 e. The van der Waals surface area contributed by atoms with Crippen molar-refractivity contribution in [1.82, 2.24) is 19.9 Å². The van der Waals surface area contributed by atoms with Crippen LogP contribution in [-0.4, -0.2) is 40.4 Å². The highest BCUT2D eigenvalue weighted by Gasteiger charge is 2.24. The molecule has 0 bridgehead atoms. The quantitative estimate of drug-likeness (QED) is 0.612. The molecular weight excluding hydrogens is 360 g/mol. The number of carbonyl (C=O) groups is 2. The molecular formula is C20H22N4O4. The van der Waals surface area contributed by atoms with E-state index in [-0.39, 0.29) is 11.7 Å². The second kappa shape index (κ2) is 7.99. The summed E-state index contributed by atoms with van der Waals surface area (Å²) in [7, 11) is 4.98. The van der Waals surface area contributed by atoms with Gasteiger partial charge in [0.25, 0.3) is 5.91 Å². The van der Waals surface area contributed by atoms with E-state index in [4.69, 9.17) is 9.47 Å². The van der Waals surface area contributed by atoms with Crippen LogP contribution in [0, 0.1) is 0 Å². The standard InChI is InChI=1S/C20H22N4O4/c1-12(25)14-9-17(22-11-14)20(26)23-18(19-21-5-6-24(19)2)13-7-15(27-3)10-16(8-13)28-4/h5-11,18,22H,1-4H3,(H,23,26)/t18-/m0/s1. The fraction of sp³-hybridized carbons (Fsp3) is 0.250. The topological polar surface area (TPSA) is 98.2 Å². The first-order valence-electron chi connectivity index (χ1n) is 8.63. The largest absolute Gasteiger partial charge is 0.497 e. The van der Waals surface area contributed by atoms with Crippen LogP contribution >= 0.6 is 0 Å². The lowest BCUT2D eigenvalue weighted by Gasteiger charge is -2.20. The van der Waals surface area contributed by atoms with Crippen LogP contribution in [0.1, 0.15) is 45.2 Å². The van der Waals surface area contributed by atoms with Crippen LogP contribution < -0.4 is 14.8 Å². The summed E-state index contributed by atoms with van der Waals surface area (Å²) in [4.78, 5) is 31.6. The number of carbonyl (C=O) groups excluding carboxylic acids is 2. The second-order valence-corrected chi connectivity index (χ2v) is 6.31. The number of ether oxygens (including phenoxy) is 2. The Morgan fingerprint density at radius 2 is 1.82 bits per heavy atom. The molecule has 0 unspecified atom stereocenters. The van der Waals surface area contributed by atoms with Gasteiger partial charge in [0.15, 0.2) is 5.78 Å². The van der Waals surface area contributed by atoms with E-state index in [0.29, 0.717) is 28.6 Å². The number of aryl methyl sites for hydroxylation is 1. The van der Waals surface area contributed by atoms with Crippen molar-refractivity contribution in [3.05, 3.63) is 65.5 Å². The summed E-state index contributed by atoms with van der Waals surface area (Å²) < 4.78 is 12.5. The van der Waals surface area contributed by atoms with Gasteiger partial charge in [-0.05, 0) is 30.7 Å². The number of hydrogen-bond acceptors (Lipinski definition) is 5. The lowest BCUT2D eigenvalue weighted by Crippen LogP contribution is -2.31. The number of aromatic nitrogens is 3. The average molecular weight is 382 g/mol. The number of imidazole rings is 1. The molecule has 2 aromatic heterocycles. The Hall–Kier alpha value is -3.55. The minimum absolute atomic E-state index is 0.117. The van der Waals surface area contributed by atoms with Gasteiger partial charge >= 0.3 is 0 Å². The van der Waals surface area contributed by atoms with Gasteiger partial charge in [-0.15, -0.1) is 0 Å². The molecule has 0 spiro atoms. The van der Waals surface area contributed by atoms with Gasteiger partial charge in [0, 0.05) is 37.3 Å². The fourth-order valence-electron chi connectivity index (χ4n) is 2.89. The molecule has 2 heterocycles. The van der Waals surface area contributed by atoms with Crippen molar-refractivity contribution in [3.63, 3.8) is 0 Å². The average Bonchev–Trinajstić information content (AvgIpc) is 3.35. The zero-order valence-electron chi connectivity index (χ0n) is 16.1. The predicted octanol–water partition coefficient (Wildman–Crippen LogP) is 2.49. The molecule has 146 valence electrons. The van der Waals surface area contributed by atoms with Gasteiger partial charge in [0.2, 0.25) is 0 Å². The molecule has 1 amide bonds. The lowest BCUT2D eigenvalue weighted by molar-refractivity contribution is 0.0936. The third-order valence-corrected chi connectivity index (χ3v) is 4.43. The molecule has 0 radical (unpaired) electrons. The summed E-state index contributed by atoms with van der Waals surface area (Å²) in [5, 5.41) is 2.97. The molecule has 3 aromatic rings. The van der Waals surface area contributed by atoms with Crippen LogP contribution in [0.5, 0.6) is 11.5 Å². The Labute approximate surface area is 162 Å². The molecule has 0 aliphatic rings. The van der Waals surface area contributed by atoms with Gasteiger partial charge in [-0.25, -0.2) is 4.98 Å². The Balaban J connectivity index is 2.00. The van der Waals surface area contributed by atoms with Gasteiger partial charge in [-0.1, -0.05) is 0 Å². The number of nitrogens with zero attached hydrogens (tertiary/aromatic N) is 2. The maximum Gasteiger partial charge on any atom is 0.268 e. The first-order valence-corrected chi connectivity index (χ1v) is 8.63. The molecule has 0 saturated heterocycles. The number of rotatable bonds is 7. The van der Waals surface area contributed by atoms with Crippen LogP contribution in [0.25, 0.3) is 0 Å². The van der Waals surface area contributed by atoms with E-state index in [1.54, 1.807) is 32.7 Å². The Morgan fingerprint density at radius 3 is 2.32 bits per heavy atom. The minimum Gasteiger partial charge on any atom is -0.497 e. The van der Waals surface area contributed by atoms with Crippen molar-refractivity contribution < 1.29 is 19.1 Å². The molecule has 0 fully saturated rings. The van der Waals surface area contributed by atoms with Gasteiger partial charge in [0.05, 0.1) is 14.2 Å². The predicted molar refractivity (Wildman–Crippen MR) is 103 cm³/mol. The number of Topliss-reactive ketones (excluding diaryl/α,β-unsaturated/α-hetero) is 1. The van der Waals surface area contributed by atoms with Gasteiger partial charge in [0.1, 0.15) is 29.1 Å². The number of H-pyrrole nitrogens is 1. The molecule has 2 N–H and O–H groups in total. The molecule has 3 rings (SSSR count). The Bertz CT molecular complexity index is 983. The van der Waals surface area contributed by atoms with E-state index < -0.39 is 6.04 Å². The number of amides is 1. The summed E-state index contributed by atoms with van der Waals surface area (Å²) in [6, 6.07) is 6.36. The fourth-order valence-corrected chi connectivity index (χ4v) is 2.89. The molecule has 28 heavy (non-hydrogen) atoms. The maximum absolute atomic E-state index is 12.8. The highest BCUT2D eigenvalue weighted by molar-refractivity contribution is 5.99. The summed E-state index contributed by atoms with van der Waals surface area (Å²) in [6.45, 7) is 1.45. The molecule has 0 aliphatic carbocycles. The van der Waals surface area contributed by atoms with E-state index >= 15 is 0 Å². The van der Waals surface area contributed by atoms with E-state index in [0.717, 1.165) is 5.56 Å². The molecule has 1 aromatic carbocycles. The zero-order chi connectivity index (χ0) is 20.3. The van der Waals surface area contributed by atoms with Crippen molar-refractivity contribution in [2.75, 3.05) is 14.2 Å². The third kappa shape index (κ3) is 3.90. The molecule has 0 aliphatic heterocycles. The van der Waals surface area contributed by atoms with Crippen LogP contribution in [-0.2, 0) is 7.05 Å². The van der Waals surface area contributed by atoms with Crippen LogP contribution in [0.4, 0.5) is 0 Å². The van der Waals surface area contributed by atoms with Crippen LogP contribution in [0.2, 0.25) is 0 Å². The second-order valence-electron chi connectivity index (χ2n) is 6.31. The number of aromatic amines is 1. The van der Waals surface area contributed by atoms with Crippen molar-refractivity contribution in [1.29, 1.82) is 0 Å². The van der Waals surface area contributed by atoms with Crippen molar-refractivity contribution in [2.45, 2.75) is 13.0 Å². The summed E-state index contributed by atoms with van der Waals surface area (Å²) in [5.74, 6) is 1.36. The Kier molecular flexibility index (Phi) is 5.49. The maximum atomic E-state index is 12.8. The molecule has 1 atom stereocenters. The van der Waals surface area contributed by atoms with E-state index in [2.05, 4.69) is 15.3 Å². The summed E-state index contributed by atoms with van der Waals surface area (Å²) in [6.07, 6.45) is 4.98. The Morgan fingerprint density at radius 1 is 1.14 bits per heavy atom. The first-order chi connectivity index (χ1) is 13.4. The molecule has 8 nitrogen and oxygen atoms in total. The third-order valence-electron chi connectivity index (χ3n) is 4.43. The van der Waals surface area contributed by atoms with Crippen LogP contribution in [0.3, 0.4) is 0 Å². The highest BCUT2D eigenvalue weighted by Crippen LogP contribution is 2.29. The van der Waals surface area contributed by atoms with E-state index in [9.17, 15) is 9.59 Å². The normalized spacial score (nSPS) is 11.7. The lowest BCUT2D eigenvalue weighted by atomic mass is 10.0. The van der Waals surface area contributed by atoms with Crippen molar-refractivity contribution >= 4 is 11.7 Å². The van der Waals surface area contributed by atoms with Crippen molar-refractivity contribution in [3.8, 4) is 11.5 Å². The summed E-state index contributed by atoms with van der Waals surface area (Å²) >= 11 is 0. The van der Waals surface area contributed by atoms with Crippen LogP contribution in [0.15, 0.2) is 42.9 Å². The van der Waals surface area contributed by atoms with Crippen molar-refractivity contribution in [2.24, 2.45) is 7.05 Å². The number of hydrogen-bond donors (Lipinski definition) is 2. The SMILES string of the molecule is COc1cc(OC)cc([C@H](NC(=O)c2cc(C(C)=O)c[nH]2)c2nccn2C)c1. The van der Waals surface area contributed by atoms with Gasteiger partial charge in [-0.2, -0.15) is 0 Å². The highest BCUT2D eigenvalue weighted by atomic mass is 16.5.